The van der Waals surface area contributed by atoms with Crippen LogP contribution in [0, 0.1) is 11.3 Å². The molecule has 4 heteroatoms. The van der Waals surface area contributed by atoms with Crippen LogP contribution >= 0.6 is 0 Å². The molecule has 0 saturated carbocycles. The molecule has 0 amide bonds. The minimum atomic E-state index is 0.490. The molecular weight excluding hydrogens is 200 g/mol. The smallest absolute Gasteiger partial charge is 0.142 e. The van der Waals surface area contributed by atoms with Crippen LogP contribution in [0.25, 0.3) is 0 Å². The largest absolute Gasteiger partial charge is 0.370 e. The second kappa shape index (κ2) is 4.95. The van der Waals surface area contributed by atoms with E-state index in [1.165, 1.54) is 12.8 Å². The summed E-state index contributed by atoms with van der Waals surface area (Å²) in [5.74, 6) is 0. The number of nitriles is 1. The third-order valence-electron chi connectivity index (χ3n) is 3.05. The molecule has 1 atom stereocenters. The Bertz CT molecular complexity index is 396. The van der Waals surface area contributed by atoms with Crippen molar-refractivity contribution in [1.29, 1.82) is 5.26 Å². The number of pyridine rings is 1. The van der Waals surface area contributed by atoms with Gasteiger partial charge in [0.05, 0.1) is 0 Å². The van der Waals surface area contributed by atoms with E-state index in [2.05, 4.69) is 21.3 Å². The van der Waals surface area contributed by atoms with Gasteiger partial charge in [0.1, 0.15) is 11.8 Å². The maximum atomic E-state index is 8.82. The summed E-state index contributed by atoms with van der Waals surface area (Å²) in [6, 6.07) is 6.46. The summed E-state index contributed by atoms with van der Waals surface area (Å²) in [4.78, 5) is 6.30. The average molecular weight is 216 g/mol. The lowest BCUT2D eigenvalue weighted by molar-refractivity contribution is 0.449. The summed E-state index contributed by atoms with van der Waals surface area (Å²) in [7, 11) is 2.00. The van der Waals surface area contributed by atoms with Crippen molar-refractivity contribution < 1.29 is 0 Å². The normalized spacial score (nSPS) is 20.5. The molecule has 0 aromatic carbocycles. The fourth-order valence-electron chi connectivity index (χ4n) is 2.12. The van der Waals surface area contributed by atoms with Gasteiger partial charge in [-0.1, -0.05) is 0 Å². The number of nitrogens with one attached hydrogen (secondary N) is 1. The molecule has 1 aromatic heterocycles. The molecule has 16 heavy (non-hydrogen) atoms. The minimum Gasteiger partial charge on any atom is -0.370 e. The number of aromatic nitrogens is 1. The topological polar surface area (TPSA) is 52.0 Å². The van der Waals surface area contributed by atoms with E-state index in [1.54, 1.807) is 6.20 Å². The molecule has 84 valence electrons. The Hall–Kier alpha value is -1.60. The van der Waals surface area contributed by atoms with Crippen molar-refractivity contribution in [1.82, 2.24) is 10.3 Å². The highest BCUT2D eigenvalue weighted by Crippen LogP contribution is 2.19. The van der Waals surface area contributed by atoms with Crippen molar-refractivity contribution in [3.05, 3.63) is 24.0 Å². The summed E-state index contributed by atoms with van der Waals surface area (Å²) in [5.41, 5.74) is 1.59. The van der Waals surface area contributed by atoms with E-state index in [4.69, 9.17) is 5.26 Å². The Morgan fingerprint density at radius 3 is 3.25 bits per heavy atom. The third kappa shape index (κ3) is 2.31. The van der Waals surface area contributed by atoms with Crippen LogP contribution in [0.3, 0.4) is 0 Å². The molecule has 1 unspecified atom stereocenters. The number of hydrogen-bond donors (Lipinski definition) is 1. The number of piperidine rings is 1. The molecule has 2 heterocycles. The predicted molar refractivity (Wildman–Crippen MR) is 63.2 cm³/mol. The van der Waals surface area contributed by atoms with Gasteiger partial charge in [-0.05, 0) is 32.0 Å². The Morgan fingerprint density at radius 2 is 2.50 bits per heavy atom. The first-order valence-corrected chi connectivity index (χ1v) is 5.62. The van der Waals surface area contributed by atoms with E-state index in [1.807, 2.05) is 19.2 Å². The molecule has 2 rings (SSSR count). The fraction of sp³-hybridized carbons (Fsp3) is 0.500. The van der Waals surface area contributed by atoms with Crippen molar-refractivity contribution in [3.8, 4) is 6.07 Å². The van der Waals surface area contributed by atoms with Crippen LogP contribution in [0.2, 0.25) is 0 Å². The SMILES string of the molecule is CNC1CCCN(c2ccnc(C#N)c2)C1. The number of likely N-dealkylation sites (N-methyl/N-ethyl adjacent to an activating group) is 1. The van der Waals surface area contributed by atoms with E-state index in [-0.39, 0.29) is 0 Å². The quantitative estimate of drug-likeness (QED) is 0.805. The van der Waals surface area contributed by atoms with Crippen LogP contribution in [-0.4, -0.2) is 31.2 Å². The molecule has 1 N–H and O–H groups in total. The zero-order valence-corrected chi connectivity index (χ0v) is 9.48. The zero-order valence-electron chi connectivity index (χ0n) is 9.48. The molecule has 0 spiro atoms. The van der Waals surface area contributed by atoms with Gasteiger partial charge in [0.2, 0.25) is 0 Å². The Labute approximate surface area is 95.9 Å². The first-order chi connectivity index (χ1) is 7.83. The Balaban J connectivity index is 2.14. The third-order valence-corrected chi connectivity index (χ3v) is 3.05. The lowest BCUT2D eigenvalue weighted by Crippen LogP contribution is -2.44. The molecule has 0 radical (unpaired) electrons. The monoisotopic (exact) mass is 216 g/mol. The fourth-order valence-corrected chi connectivity index (χ4v) is 2.12. The molecule has 1 aliphatic rings. The van der Waals surface area contributed by atoms with E-state index in [9.17, 15) is 0 Å². The maximum absolute atomic E-state index is 8.82. The van der Waals surface area contributed by atoms with Crippen molar-refractivity contribution in [3.63, 3.8) is 0 Å². The summed E-state index contributed by atoms with van der Waals surface area (Å²) in [5, 5.41) is 12.1. The van der Waals surface area contributed by atoms with Crippen molar-refractivity contribution in [2.75, 3.05) is 25.0 Å². The standard InChI is InChI=1S/C12H16N4/c1-14-10-3-2-6-16(9-10)12-4-5-15-11(7-12)8-13/h4-5,7,10,14H,2-3,6,9H2,1H3. The van der Waals surface area contributed by atoms with E-state index < -0.39 is 0 Å². The predicted octanol–water partition coefficient (Wildman–Crippen LogP) is 1.14. The van der Waals surface area contributed by atoms with Crippen molar-refractivity contribution >= 4 is 5.69 Å². The minimum absolute atomic E-state index is 0.490. The molecule has 4 nitrogen and oxygen atoms in total. The summed E-state index contributed by atoms with van der Waals surface area (Å²) in [6.45, 7) is 2.07. The molecule has 1 saturated heterocycles. The van der Waals surface area contributed by atoms with Gasteiger partial charge in [0, 0.05) is 31.0 Å². The highest BCUT2D eigenvalue weighted by atomic mass is 15.2. The number of rotatable bonds is 2. The van der Waals surface area contributed by atoms with E-state index in [0.717, 1.165) is 18.8 Å². The van der Waals surface area contributed by atoms with Crippen molar-refractivity contribution in [2.24, 2.45) is 0 Å². The van der Waals surface area contributed by atoms with Gasteiger partial charge in [0.25, 0.3) is 0 Å². The van der Waals surface area contributed by atoms with Crippen LogP contribution in [0.5, 0.6) is 0 Å². The van der Waals surface area contributed by atoms with Crippen LogP contribution in [0.15, 0.2) is 18.3 Å². The maximum Gasteiger partial charge on any atom is 0.142 e. The van der Waals surface area contributed by atoms with Gasteiger partial charge in [-0.2, -0.15) is 5.26 Å². The van der Waals surface area contributed by atoms with E-state index >= 15 is 0 Å². The van der Waals surface area contributed by atoms with Crippen LogP contribution < -0.4 is 10.2 Å². The average Bonchev–Trinajstić information content (AvgIpc) is 2.39. The van der Waals surface area contributed by atoms with Gasteiger partial charge in [-0.3, -0.25) is 0 Å². The number of anilines is 1. The molecule has 1 aromatic rings. The second-order valence-corrected chi connectivity index (χ2v) is 4.08. The van der Waals surface area contributed by atoms with Gasteiger partial charge in [-0.15, -0.1) is 0 Å². The summed E-state index contributed by atoms with van der Waals surface area (Å²) < 4.78 is 0. The summed E-state index contributed by atoms with van der Waals surface area (Å²) in [6.07, 6.45) is 4.12. The van der Waals surface area contributed by atoms with Gasteiger partial charge in [-0.25, -0.2) is 4.98 Å². The van der Waals surface area contributed by atoms with Crippen LogP contribution in [0.1, 0.15) is 18.5 Å². The lowest BCUT2D eigenvalue weighted by atomic mass is 10.1. The molecule has 1 fully saturated rings. The van der Waals surface area contributed by atoms with Crippen molar-refractivity contribution in [2.45, 2.75) is 18.9 Å². The Kier molecular flexibility index (Phi) is 3.37. The lowest BCUT2D eigenvalue weighted by Gasteiger charge is -2.34. The first-order valence-electron chi connectivity index (χ1n) is 5.62. The number of nitrogens with zero attached hydrogens (tertiary/aromatic N) is 3. The highest BCUT2D eigenvalue weighted by molar-refractivity contribution is 5.49. The zero-order chi connectivity index (χ0) is 11.4. The molecule has 0 aliphatic carbocycles. The van der Waals surface area contributed by atoms with Gasteiger partial charge >= 0.3 is 0 Å². The first kappa shape index (κ1) is 10.9. The van der Waals surface area contributed by atoms with Gasteiger partial charge < -0.3 is 10.2 Å². The molecule has 0 bridgehead atoms. The molecule has 1 aliphatic heterocycles. The van der Waals surface area contributed by atoms with Crippen LogP contribution in [0.4, 0.5) is 5.69 Å². The van der Waals surface area contributed by atoms with Crippen LogP contribution in [-0.2, 0) is 0 Å². The summed E-state index contributed by atoms with van der Waals surface area (Å²) >= 11 is 0. The Morgan fingerprint density at radius 1 is 1.62 bits per heavy atom. The molecular formula is C12H16N4. The highest BCUT2D eigenvalue weighted by Gasteiger charge is 2.18. The van der Waals surface area contributed by atoms with E-state index in [0.29, 0.717) is 11.7 Å². The second-order valence-electron chi connectivity index (χ2n) is 4.08. The van der Waals surface area contributed by atoms with Gasteiger partial charge in [0.15, 0.2) is 0 Å². The number of hydrogen-bond acceptors (Lipinski definition) is 4.